The Labute approximate surface area is 127 Å². The van der Waals surface area contributed by atoms with Gasteiger partial charge in [0, 0.05) is 24.7 Å². The fraction of sp³-hybridized carbons (Fsp3) is 0.786. The van der Waals surface area contributed by atoms with Crippen LogP contribution in [0.5, 0.6) is 0 Å². The number of nitrogens with zero attached hydrogens (tertiary/aromatic N) is 2. The van der Waals surface area contributed by atoms with E-state index in [1.54, 1.807) is 10.5 Å². The summed E-state index contributed by atoms with van der Waals surface area (Å²) in [6.07, 6.45) is 4.49. The number of aromatic nitrogens is 2. The molecule has 2 heterocycles. The average Bonchev–Trinajstić information content (AvgIpc) is 3.08. The molecule has 1 unspecified atom stereocenters. The van der Waals surface area contributed by atoms with Gasteiger partial charge in [0.25, 0.3) is 10.0 Å². The van der Waals surface area contributed by atoms with Gasteiger partial charge in [0.15, 0.2) is 5.03 Å². The number of aromatic amines is 1. The molecule has 0 amide bonds. The van der Waals surface area contributed by atoms with Crippen LogP contribution in [0.3, 0.4) is 0 Å². The number of nitrogens with one attached hydrogen (secondary N) is 2. The lowest BCUT2D eigenvalue weighted by Gasteiger charge is -2.26. The van der Waals surface area contributed by atoms with Crippen LogP contribution in [0.1, 0.15) is 45.6 Å². The Hall–Kier alpha value is -0.920. The standard InChI is InChI=1S/C14H26N4O2S/c1-4-7-15-9-12-10-16-17-14(12)21(19,20)18-8-5-6-13(18)11(2)3/h10-11,13,15H,4-9H2,1-3H3,(H,16,17). The van der Waals surface area contributed by atoms with Gasteiger partial charge in [-0.05, 0) is 31.7 Å². The lowest BCUT2D eigenvalue weighted by atomic mass is 10.0. The zero-order valence-electron chi connectivity index (χ0n) is 13.1. The van der Waals surface area contributed by atoms with Crippen molar-refractivity contribution in [3.63, 3.8) is 0 Å². The highest BCUT2D eigenvalue weighted by molar-refractivity contribution is 7.89. The fourth-order valence-electron chi connectivity index (χ4n) is 2.90. The molecule has 0 spiro atoms. The van der Waals surface area contributed by atoms with Crippen molar-refractivity contribution in [1.82, 2.24) is 19.8 Å². The predicted octanol–water partition coefficient (Wildman–Crippen LogP) is 1.72. The number of hydrogen-bond donors (Lipinski definition) is 2. The van der Waals surface area contributed by atoms with Crippen LogP contribution in [-0.2, 0) is 16.6 Å². The van der Waals surface area contributed by atoms with Crippen LogP contribution >= 0.6 is 0 Å². The first-order chi connectivity index (χ1) is 9.98. The molecule has 21 heavy (non-hydrogen) atoms. The van der Waals surface area contributed by atoms with Crippen molar-refractivity contribution in [3.8, 4) is 0 Å². The first kappa shape index (κ1) is 16.5. The minimum atomic E-state index is -3.48. The molecular formula is C14H26N4O2S. The summed E-state index contributed by atoms with van der Waals surface area (Å²) in [5, 5.41) is 10.1. The maximum atomic E-state index is 12.9. The van der Waals surface area contributed by atoms with Gasteiger partial charge in [-0.15, -0.1) is 0 Å². The number of sulfonamides is 1. The molecule has 1 atom stereocenters. The largest absolute Gasteiger partial charge is 0.313 e. The summed E-state index contributed by atoms with van der Waals surface area (Å²) in [6.45, 7) is 8.23. The van der Waals surface area contributed by atoms with Crippen LogP contribution in [0, 0.1) is 5.92 Å². The molecule has 0 aliphatic carbocycles. The minimum absolute atomic E-state index is 0.0924. The van der Waals surface area contributed by atoms with Crippen molar-refractivity contribution >= 4 is 10.0 Å². The smallest absolute Gasteiger partial charge is 0.260 e. The van der Waals surface area contributed by atoms with E-state index >= 15 is 0 Å². The molecule has 120 valence electrons. The molecule has 0 saturated carbocycles. The van der Waals surface area contributed by atoms with Gasteiger partial charge in [-0.1, -0.05) is 20.8 Å². The van der Waals surface area contributed by atoms with Gasteiger partial charge in [-0.2, -0.15) is 9.40 Å². The van der Waals surface area contributed by atoms with Gasteiger partial charge in [-0.25, -0.2) is 8.42 Å². The topological polar surface area (TPSA) is 78.1 Å². The number of H-pyrrole nitrogens is 1. The Balaban J connectivity index is 2.22. The van der Waals surface area contributed by atoms with Crippen molar-refractivity contribution < 1.29 is 8.42 Å². The molecule has 1 saturated heterocycles. The molecule has 2 rings (SSSR count). The molecule has 0 radical (unpaired) electrons. The van der Waals surface area contributed by atoms with E-state index in [4.69, 9.17) is 0 Å². The van der Waals surface area contributed by atoms with Gasteiger partial charge in [0.1, 0.15) is 0 Å². The summed E-state index contributed by atoms with van der Waals surface area (Å²) in [6, 6.07) is 0.0924. The second-order valence-electron chi connectivity index (χ2n) is 5.97. The molecule has 1 aliphatic heterocycles. The highest BCUT2D eigenvalue weighted by Crippen LogP contribution is 2.30. The first-order valence-electron chi connectivity index (χ1n) is 7.73. The van der Waals surface area contributed by atoms with E-state index in [2.05, 4.69) is 36.3 Å². The van der Waals surface area contributed by atoms with Crippen LogP contribution in [0.2, 0.25) is 0 Å². The van der Waals surface area contributed by atoms with Gasteiger partial charge in [0.2, 0.25) is 0 Å². The third kappa shape index (κ3) is 3.46. The lowest BCUT2D eigenvalue weighted by Crippen LogP contribution is -2.39. The van der Waals surface area contributed by atoms with E-state index in [-0.39, 0.29) is 11.1 Å². The lowest BCUT2D eigenvalue weighted by molar-refractivity contribution is 0.314. The molecule has 0 bridgehead atoms. The second kappa shape index (κ2) is 6.89. The quantitative estimate of drug-likeness (QED) is 0.751. The summed E-state index contributed by atoms with van der Waals surface area (Å²) in [4.78, 5) is 0. The summed E-state index contributed by atoms with van der Waals surface area (Å²) >= 11 is 0. The van der Waals surface area contributed by atoms with E-state index < -0.39 is 10.0 Å². The third-order valence-electron chi connectivity index (χ3n) is 4.00. The third-order valence-corrected chi connectivity index (χ3v) is 5.95. The molecule has 7 heteroatoms. The van der Waals surface area contributed by atoms with Gasteiger partial charge >= 0.3 is 0 Å². The summed E-state index contributed by atoms with van der Waals surface area (Å²) < 4.78 is 27.4. The molecule has 1 aromatic heterocycles. The van der Waals surface area contributed by atoms with Crippen molar-refractivity contribution in [3.05, 3.63) is 11.8 Å². The molecule has 2 N–H and O–H groups in total. The highest BCUT2D eigenvalue weighted by atomic mass is 32.2. The molecular weight excluding hydrogens is 288 g/mol. The Morgan fingerprint density at radius 3 is 2.95 bits per heavy atom. The monoisotopic (exact) mass is 314 g/mol. The normalized spacial score (nSPS) is 20.5. The van der Waals surface area contributed by atoms with E-state index in [1.165, 1.54) is 0 Å². The second-order valence-corrected chi connectivity index (χ2v) is 7.80. The van der Waals surface area contributed by atoms with E-state index in [0.29, 0.717) is 19.0 Å². The van der Waals surface area contributed by atoms with Crippen molar-refractivity contribution in [2.24, 2.45) is 5.92 Å². The summed E-state index contributed by atoms with van der Waals surface area (Å²) in [5.74, 6) is 0.326. The van der Waals surface area contributed by atoms with E-state index in [0.717, 1.165) is 31.4 Å². The number of hydrogen-bond acceptors (Lipinski definition) is 4. The van der Waals surface area contributed by atoms with E-state index in [1.807, 2.05) is 0 Å². The summed E-state index contributed by atoms with van der Waals surface area (Å²) in [5.41, 5.74) is 0.720. The van der Waals surface area contributed by atoms with Crippen LogP contribution in [-0.4, -0.2) is 42.1 Å². The SMILES string of the molecule is CCCNCc1cn[nH]c1S(=O)(=O)N1CCCC1C(C)C. The first-order valence-corrected chi connectivity index (χ1v) is 9.17. The maximum Gasteiger partial charge on any atom is 0.260 e. The average molecular weight is 314 g/mol. The van der Waals surface area contributed by atoms with Crippen LogP contribution in [0.15, 0.2) is 11.2 Å². The minimum Gasteiger partial charge on any atom is -0.313 e. The molecule has 0 aromatic carbocycles. The van der Waals surface area contributed by atoms with Gasteiger partial charge < -0.3 is 5.32 Å². The number of rotatable bonds is 7. The Morgan fingerprint density at radius 1 is 1.52 bits per heavy atom. The van der Waals surface area contributed by atoms with Gasteiger partial charge in [0.05, 0.1) is 6.20 Å². The van der Waals surface area contributed by atoms with Crippen LogP contribution in [0.4, 0.5) is 0 Å². The maximum absolute atomic E-state index is 12.9. The zero-order chi connectivity index (χ0) is 15.5. The molecule has 1 aromatic rings. The Morgan fingerprint density at radius 2 is 2.29 bits per heavy atom. The van der Waals surface area contributed by atoms with Crippen molar-refractivity contribution in [2.75, 3.05) is 13.1 Å². The Bertz CT molecular complexity index is 553. The summed E-state index contributed by atoms with van der Waals surface area (Å²) in [7, 11) is -3.48. The fourth-order valence-corrected chi connectivity index (χ4v) is 4.83. The van der Waals surface area contributed by atoms with Crippen LogP contribution < -0.4 is 5.32 Å². The van der Waals surface area contributed by atoms with Crippen LogP contribution in [0.25, 0.3) is 0 Å². The van der Waals surface area contributed by atoms with E-state index in [9.17, 15) is 8.42 Å². The van der Waals surface area contributed by atoms with Gasteiger partial charge in [-0.3, -0.25) is 5.10 Å². The molecule has 6 nitrogen and oxygen atoms in total. The molecule has 1 fully saturated rings. The predicted molar refractivity (Wildman–Crippen MR) is 82.3 cm³/mol. The van der Waals surface area contributed by atoms with Crippen molar-refractivity contribution in [2.45, 2.75) is 57.6 Å². The molecule has 1 aliphatic rings. The Kier molecular flexibility index (Phi) is 5.40. The zero-order valence-corrected chi connectivity index (χ0v) is 13.9. The highest BCUT2D eigenvalue weighted by Gasteiger charge is 2.38. The van der Waals surface area contributed by atoms with Crippen molar-refractivity contribution in [1.29, 1.82) is 0 Å².